The third-order valence-corrected chi connectivity index (χ3v) is 4.06. The molecule has 2 rings (SSSR count). The van der Waals surface area contributed by atoms with E-state index in [9.17, 15) is 18.0 Å². The van der Waals surface area contributed by atoms with Crippen molar-refractivity contribution < 1.29 is 27.9 Å². The highest BCUT2D eigenvalue weighted by Crippen LogP contribution is 2.26. The largest absolute Gasteiger partial charge is 0.396 e. The highest BCUT2D eigenvalue weighted by Gasteiger charge is 2.18. The Kier molecular flexibility index (Phi) is 7.23. The van der Waals surface area contributed by atoms with Crippen LogP contribution in [0.1, 0.15) is 23.7 Å². The first kappa shape index (κ1) is 20.5. The first-order chi connectivity index (χ1) is 12.3. The molecule has 0 fully saturated rings. The Morgan fingerprint density at radius 2 is 1.85 bits per heavy atom. The van der Waals surface area contributed by atoms with Crippen molar-refractivity contribution >= 4 is 39.9 Å². The second-order valence-corrected chi connectivity index (χ2v) is 6.68. The molecule has 0 aliphatic rings. The lowest BCUT2D eigenvalue weighted by Crippen LogP contribution is -2.29. The van der Waals surface area contributed by atoms with Crippen LogP contribution >= 0.6 is 22.6 Å². The number of aliphatic hydroxyl groups is 1. The van der Waals surface area contributed by atoms with Gasteiger partial charge >= 0.3 is 0 Å². The normalized spacial score (nSPS) is 11.9. The molecule has 9 heteroatoms. The van der Waals surface area contributed by atoms with Gasteiger partial charge in [-0.15, -0.1) is 0 Å². The maximum absolute atomic E-state index is 14.0. The molecule has 0 spiro atoms. The fraction of sp³-hybridized carbons (Fsp3) is 0.235. The number of hydrogen-bond donors (Lipinski definition) is 3. The molecule has 0 aromatic heterocycles. The summed E-state index contributed by atoms with van der Waals surface area (Å²) in [5, 5.41) is 11.4. The van der Waals surface area contributed by atoms with Gasteiger partial charge in [0.25, 0.3) is 5.91 Å². The topological polar surface area (TPSA) is 70.6 Å². The lowest BCUT2D eigenvalue weighted by Gasteiger charge is -2.15. The predicted molar refractivity (Wildman–Crippen MR) is 98.5 cm³/mol. The van der Waals surface area contributed by atoms with Crippen LogP contribution in [-0.4, -0.2) is 23.7 Å². The van der Waals surface area contributed by atoms with Crippen molar-refractivity contribution in [3.63, 3.8) is 0 Å². The zero-order chi connectivity index (χ0) is 19.3. The Morgan fingerprint density at radius 3 is 2.50 bits per heavy atom. The number of benzene rings is 2. The average Bonchev–Trinajstić information content (AvgIpc) is 2.58. The van der Waals surface area contributed by atoms with Crippen LogP contribution in [0.2, 0.25) is 0 Å². The summed E-state index contributed by atoms with van der Waals surface area (Å²) in [6.45, 7) is 1.48. The first-order valence-electron chi connectivity index (χ1n) is 7.59. The van der Waals surface area contributed by atoms with Crippen LogP contribution in [0.5, 0.6) is 0 Å². The molecule has 26 heavy (non-hydrogen) atoms. The predicted octanol–water partition coefficient (Wildman–Crippen LogP) is 3.88. The summed E-state index contributed by atoms with van der Waals surface area (Å²) in [6, 6.07) is 5.74. The van der Waals surface area contributed by atoms with Crippen LogP contribution in [0, 0.1) is 21.0 Å². The lowest BCUT2D eigenvalue weighted by atomic mass is 10.1. The highest BCUT2D eigenvalue weighted by atomic mass is 127. The van der Waals surface area contributed by atoms with E-state index >= 15 is 0 Å². The number of anilines is 2. The highest BCUT2D eigenvalue weighted by molar-refractivity contribution is 14.1. The number of halogens is 4. The van der Waals surface area contributed by atoms with Gasteiger partial charge in [0.1, 0.15) is 5.82 Å². The number of aliphatic hydroxyl groups excluding tert-OH is 1. The molecule has 0 aliphatic carbocycles. The van der Waals surface area contributed by atoms with Crippen molar-refractivity contribution in [2.24, 2.45) is 0 Å². The van der Waals surface area contributed by atoms with E-state index in [0.717, 1.165) is 6.07 Å². The molecule has 0 aliphatic heterocycles. The molecule has 1 unspecified atom stereocenters. The molecule has 5 nitrogen and oxygen atoms in total. The van der Waals surface area contributed by atoms with Crippen LogP contribution < -0.4 is 10.8 Å². The summed E-state index contributed by atoms with van der Waals surface area (Å²) >= 11 is 1.93. The maximum Gasteiger partial charge on any atom is 0.277 e. The molecule has 3 N–H and O–H groups in total. The van der Waals surface area contributed by atoms with Crippen molar-refractivity contribution in [2.75, 3.05) is 11.9 Å². The van der Waals surface area contributed by atoms with Gasteiger partial charge in [0.15, 0.2) is 11.6 Å². The molecule has 140 valence electrons. The van der Waals surface area contributed by atoms with Gasteiger partial charge in [-0.05, 0) is 60.2 Å². The molecular formula is C17H16F3IN2O3. The minimum atomic E-state index is -1.23. The van der Waals surface area contributed by atoms with E-state index in [1.54, 1.807) is 13.0 Å². The molecule has 2 aromatic rings. The van der Waals surface area contributed by atoms with E-state index in [1.807, 2.05) is 22.6 Å². The van der Waals surface area contributed by atoms with Crippen LogP contribution in [-0.2, 0) is 4.84 Å². The maximum atomic E-state index is 14.0. The van der Waals surface area contributed by atoms with E-state index in [0.29, 0.717) is 9.64 Å². The summed E-state index contributed by atoms with van der Waals surface area (Å²) in [4.78, 5) is 17.3. The van der Waals surface area contributed by atoms with Gasteiger partial charge in [0.05, 0.1) is 23.0 Å². The van der Waals surface area contributed by atoms with E-state index in [4.69, 9.17) is 9.94 Å². The molecule has 1 atom stereocenters. The third kappa shape index (κ3) is 5.32. The fourth-order valence-corrected chi connectivity index (χ4v) is 2.48. The number of nitrogens with one attached hydrogen (secondary N) is 2. The van der Waals surface area contributed by atoms with Crippen molar-refractivity contribution in [3.05, 3.63) is 56.9 Å². The summed E-state index contributed by atoms with van der Waals surface area (Å²) in [5.74, 6) is -3.88. The molecule has 2 aromatic carbocycles. The minimum Gasteiger partial charge on any atom is -0.396 e. The van der Waals surface area contributed by atoms with Gasteiger partial charge in [-0.3, -0.25) is 9.63 Å². The minimum absolute atomic E-state index is 0.0000380. The number of hydroxylamine groups is 1. The SMILES string of the molecule is CC(CCO)ONC(=O)c1cc(F)c(F)cc1Nc1ccc(I)cc1F. The van der Waals surface area contributed by atoms with Gasteiger partial charge in [-0.2, -0.15) is 0 Å². The van der Waals surface area contributed by atoms with Gasteiger partial charge in [-0.1, -0.05) is 0 Å². The van der Waals surface area contributed by atoms with Crippen molar-refractivity contribution in [3.8, 4) is 0 Å². The van der Waals surface area contributed by atoms with E-state index in [-0.39, 0.29) is 30.0 Å². The Labute approximate surface area is 161 Å². The van der Waals surface area contributed by atoms with E-state index in [1.165, 1.54) is 12.1 Å². The molecular weight excluding hydrogens is 464 g/mol. The summed E-state index contributed by atoms with van der Waals surface area (Å²) in [6.07, 6.45) is -0.212. The number of carbonyl (C=O) groups excluding carboxylic acids is 1. The summed E-state index contributed by atoms with van der Waals surface area (Å²) < 4.78 is 41.8. The summed E-state index contributed by atoms with van der Waals surface area (Å²) in [7, 11) is 0. The number of amides is 1. The van der Waals surface area contributed by atoms with Crippen LogP contribution in [0.15, 0.2) is 30.3 Å². The van der Waals surface area contributed by atoms with Crippen LogP contribution in [0.25, 0.3) is 0 Å². The van der Waals surface area contributed by atoms with Gasteiger partial charge in [0.2, 0.25) is 0 Å². The zero-order valence-corrected chi connectivity index (χ0v) is 15.8. The molecule has 0 saturated carbocycles. The van der Waals surface area contributed by atoms with E-state index < -0.39 is 29.5 Å². The van der Waals surface area contributed by atoms with Gasteiger partial charge < -0.3 is 10.4 Å². The van der Waals surface area contributed by atoms with E-state index in [2.05, 4.69) is 10.8 Å². The Morgan fingerprint density at radius 1 is 1.15 bits per heavy atom. The standard InChI is InChI=1S/C17H16F3IN2O3/c1-9(4-5-24)26-23-17(25)11-7-12(18)13(19)8-16(11)22-15-3-2-10(21)6-14(15)20/h2-3,6-9,22,24H,4-5H2,1H3,(H,23,25). The number of rotatable bonds is 7. The Balaban J connectivity index is 2.28. The first-order valence-corrected chi connectivity index (χ1v) is 8.67. The second-order valence-electron chi connectivity index (χ2n) is 5.43. The monoisotopic (exact) mass is 480 g/mol. The Bertz CT molecular complexity index is 805. The molecule has 0 saturated heterocycles. The van der Waals surface area contributed by atoms with Gasteiger partial charge in [0, 0.05) is 16.2 Å². The molecule has 0 bridgehead atoms. The smallest absolute Gasteiger partial charge is 0.277 e. The Hall–Kier alpha value is -1.85. The molecule has 1 amide bonds. The fourth-order valence-electron chi connectivity index (χ4n) is 2.02. The third-order valence-electron chi connectivity index (χ3n) is 3.39. The van der Waals surface area contributed by atoms with Crippen LogP contribution in [0.4, 0.5) is 24.5 Å². The van der Waals surface area contributed by atoms with Gasteiger partial charge in [-0.25, -0.2) is 18.7 Å². The number of carbonyl (C=O) groups is 1. The van der Waals surface area contributed by atoms with Crippen molar-refractivity contribution in [2.45, 2.75) is 19.4 Å². The quantitative estimate of drug-likeness (QED) is 0.416. The molecule has 0 heterocycles. The van der Waals surface area contributed by atoms with Crippen molar-refractivity contribution in [1.82, 2.24) is 5.48 Å². The number of hydrogen-bond acceptors (Lipinski definition) is 4. The second kappa shape index (κ2) is 9.19. The zero-order valence-electron chi connectivity index (χ0n) is 13.7. The summed E-state index contributed by atoms with van der Waals surface area (Å²) in [5.41, 5.74) is 1.72. The van der Waals surface area contributed by atoms with Crippen LogP contribution in [0.3, 0.4) is 0 Å². The lowest BCUT2D eigenvalue weighted by molar-refractivity contribution is -0.0168. The average molecular weight is 480 g/mol. The van der Waals surface area contributed by atoms with Crippen molar-refractivity contribution in [1.29, 1.82) is 0 Å². The molecule has 0 radical (unpaired) electrons.